The summed E-state index contributed by atoms with van der Waals surface area (Å²) < 4.78 is 6.40. The van der Waals surface area contributed by atoms with Gasteiger partial charge in [0, 0.05) is 31.7 Å². The lowest BCUT2D eigenvalue weighted by atomic mass is 9.87. The molecule has 150 valence electrons. The Hall–Kier alpha value is -2.67. The molecule has 2 atom stereocenters. The lowest BCUT2D eigenvalue weighted by molar-refractivity contribution is 0.0526. The van der Waals surface area contributed by atoms with Crippen LogP contribution in [0.4, 0.5) is 5.69 Å². The molecule has 2 aromatic rings. The van der Waals surface area contributed by atoms with E-state index >= 15 is 0 Å². The van der Waals surface area contributed by atoms with Crippen LogP contribution in [0.3, 0.4) is 0 Å². The number of nitrogens with zero attached hydrogens (tertiary/aromatic N) is 3. The standard InChI is InChI=1S/C21H28N4O3/c1-5-28-21(27)16-8-6-15(7-9-16)17-10-18(13-24(3)12-17)23-19-11-22-25(4)20(26)14(19)2/h6-9,11,17-18,23H,5,10,12-13H2,1-4H3/t17-,18+/m0/s1. The van der Waals surface area contributed by atoms with E-state index in [0.29, 0.717) is 23.7 Å². The highest BCUT2D eigenvalue weighted by molar-refractivity contribution is 5.89. The summed E-state index contributed by atoms with van der Waals surface area (Å²) in [6, 6.07) is 7.90. The van der Waals surface area contributed by atoms with E-state index in [4.69, 9.17) is 4.74 Å². The minimum Gasteiger partial charge on any atom is -0.462 e. The van der Waals surface area contributed by atoms with Crippen molar-refractivity contribution in [3.63, 3.8) is 0 Å². The third-order valence-corrected chi connectivity index (χ3v) is 5.26. The average Bonchev–Trinajstić information content (AvgIpc) is 2.68. The van der Waals surface area contributed by atoms with Gasteiger partial charge in [-0.2, -0.15) is 5.10 Å². The number of aryl methyl sites for hydroxylation is 1. The lowest BCUT2D eigenvalue weighted by Crippen LogP contribution is -2.43. The number of hydrogen-bond donors (Lipinski definition) is 1. The first-order chi connectivity index (χ1) is 13.4. The molecule has 1 aromatic carbocycles. The van der Waals surface area contributed by atoms with Gasteiger partial charge in [0.15, 0.2) is 0 Å². The molecule has 7 nitrogen and oxygen atoms in total. The predicted molar refractivity (Wildman–Crippen MR) is 109 cm³/mol. The number of carbonyl (C=O) groups is 1. The van der Waals surface area contributed by atoms with Gasteiger partial charge >= 0.3 is 5.97 Å². The highest BCUT2D eigenvalue weighted by Crippen LogP contribution is 2.28. The molecule has 1 N–H and O–H groups in total. The molecule has 1 saturated heterocycles. The normalized spacial score (nSPS) is 20.0. The third kappa shape index (κ3) is 4.42. The maximum Gasteiger partial charge on any atom is 0.338 e. The average molecular weight is 384 g/mol. The van der Waals surface area contributed by atoms with E-state index in [2.05, 4.69) is 22.4 Å². The number of esters is 1. The molecule has 0 unspecified atom stereocenters. The Morgan fingerprint density at radius 2 is 1.96 bits per heavy atom. The van der Waals surface area contributed by atoms with Gasteiger partial charge in [0.25, 0.3) is 5.56 Å². The topological polar surface area (TPSA) is 76.5 Å². The van der Waals surface area contributed by atoms with E-state index in [-0.39, 0.29) is 17.6 Å². The van der Waals surface area contributed by atoms with Crippen LogP contribution in [0, 0.1) is 6.92 Å². The quantitative estimate of drug-likeness (QED) is 0.796. The van der Waals surface area contributed by atoms with Crippen molar-refractivity contribution in [1.82, 2.24) is 14.7 Å². The van der Waals surface area contributed by atoms with E-state index < -0.39 is 0 Å². The van der Waals surface area contributed by atoms with Gasteiger partial charge in [-0.05, 0) is 50.9 Å². The first-order valence-corrected chi connectivity index (χ1v) is 9.64. The summed E-state index contributed by atoms with van der Waals surface area (Å²) in [6.45, 7) is 5.84. The first-order valence-electron chi connectivity index (χ1n) is 9.64. The van der Waals surface area contributed by atoms with Crippen LogP contribution >= 0.6 is 0 Å². The van der Waals surface area contributed by atoms with Gasteiger partial charge in [-0.15, -0.1) is 0 Å². The number of anilines is 1. The van der Waals surface area contributed by atoms with Crippen LogP contribution in [-0.4, -0.2) is 53.4 Å². The molecule has 1 aliphatic heterocycles. The predicted octanol–water partition coefficient (Wildman–Crippen LogP) is 2.17. The van der Waals surface area contributed by atoms with Gasteiger partial charge in [0.2, 0.25) is 0 Å². The number of carbonyl (C=O) groups excluding carboxylic acids is 1. The fourth-order valence-electron chi connectivity index (χ4n) is 3.79. The lowest BCUT2D eigenvalue weighted by Gasteiger charge is -2.37. The molecule has 0 aliphatic carbocycles. The Morgan fingerprint density at radius 3 is 2.64 bits per heavy atom. The molecule has 7 heteroatoms. The Balaban J connectivity index is 1.73. The van der Waals surface area contributed by atoms with Crippen LogP contribution in [0.2, 0.25) is 0 Å². The zero-order valence-corrected chi connectivity index (χ0v) is 16.9. The maximum atomic E-state index is 12.1. The van der Waals surface area contributed by atoms with Gasteiger partial charge < -0.3 is 15.0 Å². The van der Waals surface area contributed by atoms with Gasteiger partial charge in [-0.3, -0.25) is 4.79 Å². The van der Waals surface area contributed by atoms with Crippen molar-refractivity contribution in [3.05, 3.63) is 57.5 Å². The molecule has 2 heterocycles. The van der Waals surface area contributed by atoms with Crippen molar-refractivity contribution in [2.75, 3.05) is 32.1 Å². The second-order valence-corrected chi connectivity index (χ2v) is 7.45. The molecule has 0 radical (unpaired) electrons. The maximum absolute atomic E-state index is 12.1. The third-order valence-electron chi connectivity index (χ3n) is 5.26. The number of likely N-dealkylation sites (N-methyl/N-ethyl adjacent to an activating group) is 1. The number of nitrogens with one attached hydrogen (secondary N) is 1. The Kier molecular flexibility index (Phi) is 6.14. The van der Waals surface area contributed by atoms with E-state index in [0.717, 1.165) is 25.2 Å². The van der Waals surface area contributed by atoms with Crippen LogP contribution in [0.15, 0.2) is 35.3 Å². The Morgan fingerprint density at radius 1 is 1.25 bits per heavy atom. The molecule has 0 amide bonds. The summed E-state index contributed by atoms with van der Waals surface area (Å²) in [7, 11) is 3.76. The molecule has 0 spiro atoms. The van der Waals surface area contributed by atoms with E-state index in [1.807, 2.05) is 31.2 Å². The number of ether oxygens (including phenoxy) is 1. The van der Waals surface area contributed by atoms with Crippen LogP contribution in [-0.2, 0) is 11.8 Å². The summed E-state index contributed by atoms with van der Waals surface area (Å²) in [5.74, 6) is 0.0512. The highest BCUT2D eigenvalue weighted by atomic mass is 16.5. The number of rotatable bonds is 5. The van der Waals surface area contributed by atoms with Crippen molar-refractivity contribution in [1.29, 1.82) is 0 Å². The minimum atomic E-state index is -0.289. The molecule has 3 rings (SSSR count). The molecule has 1 aliphatic rings. The number of hydrogen-bond acceptors (Lipinski definition) is 6. The fourth-order valence-corrected chi connectivity index (χ4v) is 3.79. The molecular formula is C21H28N4O3. The Labute approximate surface area is 165 Å². The zero-order chi connectivity index (χ0) is 20.3. The largest absolute Gasteiger partial charge is 0.462 e. The summed E-state index contributed by atoms with van der Waals surface area (Å²) in [6.07, 6.45) is 2.66. The van der Waals surface area contributed by atoms with Crippen LogP contribution < -0.4 is 10.9 Å². The Bertz CT molecular complexity index is 892. The molecule has 1 aromatic heterocycles. The van der Waals surface area contributed by atoms with Gasteiger partial charge in [0.1, 0.15) is 0 Å². The van der Waals surface area contributed by atoms with E-state index in [9.17, 15) is 9.59 Å². The molecule has 0 saturated carbocycles. The van der Waals surface area contributed by atoms with Crippen molar-refractivity contribution >= 4 is 11.7 Å². The van der Waals surface area contributed by atoms with Crippen molar-refractivity contribution < 1.29 is 9.53 Å². The SMILES string of the molecule is CCOC(=O)c1ccc([C@H]2C[C@@H](Nc3cnn(C)c(=O)c3C)CN(C)C2)cc1. The molecule has 1 fully saturated rings. The van der Waals surface area contributed by atoms with Gasteiger partial charge in [-0.1, -0.05) is 12.1 Å². The number of likely N-dealkylation sites (tertiary alicyclic amines) is 1. The minimum absolute atomic E-state index is 0.0831. The van der Waals surface area contributed by atoms with Crippen LogP contribution in [0.25, 0.3) is 0 Å². The van der Waals surface area contributed by atoms with Crippen molar-refractivity contribution in [2.24, 2.45) is 7.05 Å². The highest BCUT2D eigenvalue weighted by Gasteiger charge is 2.27. The number of piperidine rings is 1. The second-order valence-electron chi connectivity index (χ2n) is 7.45. The summed E-state index contributed by atoms with van der Waals surface area (Å²) in [4.78, 5) is 26.3. The van der Waals surface area contributed by atoms with E-state index in [1.165, 1.54) is 10.2 Å². The molecular weight excluding hydrogens is 356 g/mol. The van der Waals surface area contributed by atoms with Gasteiger partial charge in [0.05, 0.1) is 24.1 Å². The van der Waals surface area contributed by atoms with Crippen LogP contribution in [0.5, 0.6) is 0 Å². The first kappa shape index (κ1) is 20.1. The van der Waals surface area contributed by atoms with Gasteiger partial charge in [-0.25, -0.2) is 9.48 Å². The monoisotopic (exact) mass is 384 g/mol. The van der Waals surface area contributed by atoms with Crippen molar-refractivity contribution in [3.8, 4) is 0 Å². The summed E-state index contributed by atoms with van der Waals surface area (Å²) in [5, 5.41) is 7.63. The zero-order valence-electron chi connectivity index (χ0n) is 16.9. The number of aromatic nitrogens is 2. The van der Waals surface area contributed by atoms with Crippen LogP contribution in [0.1, 0.15) is 40.7 Å². The number of benzene rings is 1. The second kappa shape index (κ2) is 8.56. The molecule has 28 heavy (non-hydrogen) atoms. The smallest absolute Gasteiger partial charge is 0.338 e. The summed E-state index contributed by atoms with van der Waals surface area (Å²) >= 11 is 0. The fraction of sp³-hybridized carbons (Fsp3) is 0.476. The van der Waals surface area contributed by atoms with Crippen molar-refractivity contribution in [2.45, 2.75) is 32.2 Å². The van der Waals surface area contributed by atoms with E-state index in [1.54, 1.807) is 20.2 Å². The molecule has 0 bridgehead atoms. The summed E-state index contributed by atoms with van der Waals surface area (Å²) in [5.41, 5.74) is 3.16.